The average Bonchev–Trinajstić information content (AvgIpc) is 3.34. The third-order valence-electron chi connectivity index (χ3n) is 4.74. The number of ether oxygens (including phenoxy) is 1. The first-order valence-corrected chi connectivity index (χ1v) is 8.28. The summed E-state index contributed by atoms with van der Waals surface area (Å²) in [5, 5.41) is 7.61. The zero-order valence-electron chi connectivity index (χ0n) is 13.7. The number of hydrogen-bond donors (Lipinski definition) is 1. The van der Waals surface area contributed by atoms with Crippen molar-refractivity contribution in [2.75, 3.05) is 25.1 Å². The largest absolute Gasteiger partial charge is 0.384 e. The quantitative estimate of drug-likeness (QED) is 0.776. The van der Waals surface area contributed by atoms with Crippen molar-refractivity contribution >= 4 is 5.69 Å². The summed E-state index contributed by atoms with van der Waals surface area (Å²) >= 11 is 0. The van der Waals surface area contributed by atoms with Gasteiger partial charge in [0.25, 0.3) is 0 Å². The average molecular weight is 338 g/mol. The van der Waals surface area contributed by atoms with E-state index in [-0.39, 0.29) is 11.2 Å². The summed E-state index contributed by atoms with van der Waals surface area (Å²) in [5.74, 6) is -0.213. The van der Waals surface area contributed by atoms with Gasteiger partial charge in [0, 0.05) is 24.3 Å². The highest BCUT2D eigenvalue weighted by Gasteiger charge is 2.36. The maximum atomic E-state index is 13.2. The van der Waals surface area contributed by atoms with Gasteiger partial charge in [-0.1, -0.05) is 12.1 Å². The van der Waals surface area contributed by atoms with Crippen molar-refractivity contribution in [2.24, 2.45) is 0 Å². The Bertz CT molecular complexity index is 810. The Kier molecular flexibility index (Phi) is 4.19. The molecule has 4 rings (SSSR count). The summed E-state index contributed by atoms with van der Waals surface area (Å²) in [6.45, 7) is 2.11. The molecule has 1 unspecified atom stereocenters. The van der Waals surface area contributed by atoms with Crippen LogP contribution in [0.15, 0.2) is 61.2 Å². The molecular weight excluding hydrogens is 319 g/mol. The molecule has 0 spiro atoms. The number of halogens is 1. The lowest BCUT2D eigenvalue weighted by Gasteiger charge is -2.29. The number of aromatic nitrogens is 3. The number of nitrogens with zero attached hydrogens (tertiary/aromatic N) is 3. The molecule has 1 atom stereocenters. The molecule has 1 N–H and O–H groups in total. The van der Waals surface area contributed by atoms with E-state index in [1.807, 2.05) is 36.4 Å². The predicted octanol–water partition coefficient (Wildman–Crippen LogP) is 3.18. The molecule has 1 aromatic heterocycles. The van der Waals surface area contributed by atoms with E-state index >= 15 is 0 Å². The van der Waals surface area contributed by atoms with Gasteiger partial charge in [0.2, 0.25) is 0 Å². The predicted molar refractivity (Wildman–Crippen MR) is 93.4 cm³/mol. The summed E-state index contributed by atoms with van der Waals surface area (Å²) in [7, 11) is 0. The third-order valence-corrected chi connectivity index (χ3v) is 4.74. The fourth-order valence-corrected chi connectivity index (χ4v) is 3.22. The second-order valence-electron chi connectivity index (χ2n) is 6.33. The smallest absolute Gasteiger partial charge is 0.138 e. The number of rotatable bonds is 5. The Labute approximate surface area is 145 Å². The Morgan fingerprint density at radius 1 is 1.12 bits per heavy atom. The lowest BCUT2D eigenvalue weighted by Crippen LogP contribution is -2.35. The normalized spacial score (nSPS) is 19.9. The lowest BCUT2D eigenvalue weighted by molar-refractivity contribution is 0.179. The molecule has 0 radical (unpaired) electrons. The SMILES string of the molecule is Fc1ccc(C2(CNc3ccc(-n4cncn4)cc3)CCOC2)cc1. The van der Waals surface area contributed by atoms with E-state index < -0.39 is 0 Å². The van der Waals surface area contributed by atoms with Crippen molar-refractivity contribution in [3.63, 3.8) is 0 Å². The summed E-state index contributed by atoms with van der Waals surface area (Å²) in [4.78, 5) is 3.95. The van der Waals surface area contributed by atoms with E-state index in [1.165, 1.54) is 18.5 Å². The van der Waals surface area contributed by atoms with Gasteiger partial charge >= 0.3 is 0 Å². The molecule has 0 saturated carbocycles. The minimum absolute atomic E-state index is 0.127. The van der Waals surface area contributed by atoms with E-state index in [0.29, 0.717) is 6.61 Å². The van der Waals surface area contributed by atoms with Crippen molar-refractivity contribution in [1.82, 2.24) is 14.8 Å². The summed E-state index contributed by atoms with van der Waals surface area (Å²) in [6.07, 6.45) is 4.10. The molecule has 1 aliphatic rings. The van der Waals surface area contributed by atoms with Gasteiger partial charge in [-0.2, -0.15) is 5.10 Å². The van der Waals surface area contributed by atoms with Crippen LogP contribution in [0, 0.1) is 5.82 Å². The van der Waals surface area contributed by atoms with Crippen LogP contribution in [0.4, 0.5) is 10.1 Å². The van der Waals surface area contributed by atoms with Crippen molar-refractivity contribution in [2.45, 2.75) is 11.8 Å². The first-order valence-electron chi connectivity index (χ1n) is 8.28. The molecule has 0 amide bonds. The van der Waals surface area contributed by atoms with Gasteiger partial charge in [0.05, 0.1) is 12.3 Å². The summed E-state index contributed by atoms with van der Waals surface area (Å²) < 4.78 is 20.6. The highest BCUT2D eigenvalue weighted by Crippen LogP contribution is 2.33. The molecule has 2 aromatic carbocycles. The van der Waals surface area contributed by atoms with Gasteiger partial charge in [0.1, 0.15) is 18.5 Å². The number of benzene rings is 2. The topological polar surface area (TPSA) is 52.0 Å². The fourth-order valence-electron chi connectivity index (χ4n) is 3.22. The number of anilines is 1. The summed E-state index contributed by atoms with van der Waals surface area (Å²) in [6, 6.07) is 14.8. The monoisotopic (exact) mass is 338 g/mol. The Morgan fingerprint density at radius 2 is 1.92 bits per heavy atom. The summed E-state index contributed by atoms with van der Waals surface area (Å²) in [5.41, 5.74) is 2.97. The molecule has 6 heteroatoms. The molecule has 25 heavy (non-hydrogen) atoms. The van der Waals surface area contributed by atoms with E-state index in [0.717, 1.165) is 36.5 Å². The molecule has 3 aromatic rings. The zero-order valence-corrected chi connectivity index (χ0v) is 13.7. The maximum absolute atomic E-state index is 13.2. The second-order valence-corrected chi connectivity index (χ2v) is 6.33. The molecule has 0 aliphatic carbocycles. The van der Waals surface area contributed by atoms with Crippen LogP contribution in [-0.2, 0) is 10.2 Å². The van der Waals surface area contributed by atoms with Crippen LogP contribution >= 0.6 is 0 Å². The Hall–Kier alpha value is -2.73. The Balaban J connectivity index is 1.49. The minimum atomic E-state index is -0.213. The Morgan fingerprint density at radius 3 is 2.56 bits per heavy atom. The first-order chi connectivity index (χ1) is 12.3. The second kappa shape index (κ2) is 6.64. The highest BCUT2D eigenvalue weighted by atomic mass is 19.1. The molecular formula is C19H19FN4O. The van der Waals surface area contributed by atoms with Gasteiger partial charge in [-0.3, -0.25) is 0 Å². The van der Waals surface area contributed by atoms with Crippen molar-refractivity contribution in [1.29, 1.82) is 0 Å². The van der Waals surface area contributed by atoms with Gasteiger partial charge in [-0.15, -0.1) is 0 Å². The van der Waals surface area contributed by atoms with Gasteiger partial charge < -0.3 is 10.1 Å². The van der Waals surface area contributed by atoms with Gasteiger partial charge in [0.15, 0.2) is 0 Å². The standard InChI is InChI=1S/C19H19FN4O/c20-16-3-1-15(2-4-16)19(9-10-25-12-19)11-22-17-5-7-18(8-6-17)24-14-21-13-23-24/h1-8,13-14,22H,9-12H2. The third kappa shape index (κ3) is 3.25. The molecule has 5 nitrogen and oxygen atoms in total. The van der Waals surface area contributed by atoms with Crippen molar-refractivity contribution < 1.29 is 9.13 Å². The van der Waals surface area contributed by atoms with E-state index in [2.05, 4.69) is 15.4 Å². The van der Waals surface area contributed by atoms with Crippen molar-refractivity contribution in [3.05, 3.63) is 72.6 Å². The zero-order chi connectivity index (χ0) is 17.1. The van der Waals surface area contributed by atoms with Gasteiger partial charge in [-0.05, 0) is 48.4 Å². The van der Waals surface area contributed by atoms with Crippen LogP contribution in [0.1, 0.15) is 12.0 Å². The minimum Gasteiger partial charge on any atom is -0.384 e. The van der Waals surface area contributed by atoms with Gasteiger partial charge in [-0.25, -0.2) is 14.1 Å². The van der Waals surface area contributed by atoms with Crippen LogP contribution in [0.25, 0.3) is 5.69 Å². The van der Waals surface area contributed by atoms with Crippen LogP contribution in [0.5, 0.6) is 0 Å². The number of hydrogen-bond acceptors (Lipinski definition) is 4. The van der Waals surface area contributed by atoms with E-state index in [9.17, 15) is 4.39 Å². The maximum Gasteiger partial charge on any atom is 0.138 e. The van der Waals surface area contributed by atoms with Crippen LogP contribution in [-0.4, -0.2) is 34.5 Å². The molecule has 0 bridgehead atoms. The lowest BCUT2D eigenvalue weighted by atomic mass is 9.79. The first kappa shape index (κ1) is 15.8. The highest BCUT2D eigenvalue weighted by molar-refractivity contribution is 5.49. The van der Waals surface area contributed by atoms with Crippen LogP contribution in [0.2, 0.25) is 0 Å². The molecule has 128 valence electrons. The van der Waals surface area contributed by atoms with Crippen LogP contribution in [0.3, 0.4) is 0 Å². The van der Waals surface area contributed by atoms with Crippen LogP contribution < -0.4 is 5.32 Å². The van der Waals surface area contributed by atoms with Crippen molar-refractivity contribution in [3.8, 4) is 5.69 Å². The molecule has 1 saturated heterocycles. The molecule has 1 fully saturated rings. The molecule has 2 heterocycles. The van der Waals surface area contributed by atoms with E-state index in [1.54, 1.807) is 11.0 Å². The van der Waals surface area contributed by atoms with E-state index in [4.69, 9.17) is 4.74 Å². The molecule has 1 aliphatic heterocycles. The fraction of sp³-hybridized carbons (Fsp3) is 0.263. The number of nitrogens with one attached hydrogen (secondary N) is 1.